The highest BCUT2D eigenvalue weighted by Gasteiger charge is 2.29. The monoisotopic (exact) mass is 338 g/mol. The molecular formula is C15H19BrN2O2. The third-order valence-corrected chi connectivity index (χ3v) is 4.82. The Hall–Kier alpha value is -1.07. The molecule has 1 N–H and O–H groups in total. The third kappa shape index (κ3) is 2.56. The zero-order valence-electron chi connectivity index (χ0n) is 11.8. The van der Waals surface area contributed by atoms with Crippen LogP contribution >= 0.6 is 15.9 Å². The second kappa shape index (κ2) is 5.04. The number of aliphatic hydroxyl groups is 1. The molecule has 1 aromatic carbocycles. The first kappa shape index (κ1) is 13.9. The average Bonchev–Trinajstić information content (AvgIpc) is 2.80. The molecule has 1 heterocycles. The van der Waals surface area contributed by atoms with E-state index in [-0.39, 0.29) is 0 Å². The Morgan fingerprint density at radius 3 is 2.75 bits per heavy atom. The summed E-state index contributed by atoms with van der Waals surface area (Å²) in [6.45, 7) is 1.92. The van der Waals surface area contributed by atoms with Crippen LogP contribution < -0.4 is 4.74 Å². The summed E-state index contributed by atoms with van der Waals surface area (Å²) in [6.07, 6.45) is 5.70. The van der Waals surface area contributed by atoms with Crippen molar-refractivity contribution in [2.45, 2.75) is 44.2 Å². The maximum absolute atomic E-state index is 10.0. The maximum atomic E-state index is 10.0. The highest BCUT2D eigenvalue weighted by atomic mass is 79.9. The van der Waals surface area contributed by atoms with Gasteiger partial charge < -0.3 is 9.84 Å². The summed E-state index contributed by atoms with van der Waals surface area (Å²) >= 11 is 3.50. The van der Waals surface area contributed by atoms with Crippen LogP contribution in [0.4, 0.5) is 0 Å². The Morgan fingerprint density at radius 1 is 1.40 bits per heavy atom. The Morgan fingerprint density at radius 2 is 2.10 bits per heavy atom. The Labute approximate surface area is 126 Å². The van der Waals surface area contributed by atoms with Crippen molar-refractivity contribution in [2.75, 3.05) is 7.11 Å². The van der Waals surface area contributed by atoms with Crippen molar-refractivity contribution in [3.8, 4) is 5.75 Å². The predicted molar refractivity (Wildman–Crippen MR) is 82.1 cm³/mol. The summed E-state index contributed by atoms with van der Waals surface area (Å²) in [5.41, 5.74) is 0.442. The van der Waals surface area contributed by atoms with E-state index in [1.165, 1.54) is 0 Å². The van der Waals surface area contributed by atoms with Gasteiger partial charge in [-0.05, 0) is 54.6 Å². The van der Waals surface area contributed by atoms with Gasteiger partial charge >= 0.3 is 0 Å². The van der Waals surface area contributed by atoms with Crippen LogP contribution in [0.25, 0.3) is 10.9 Å². The lowest BCUT2D eigenvalue weighted by Crippen LogP contribution is -2.31. The molecule has 0 atom stereocenters. The molecule has 5 heteroatoms. The van der Waals surface area contributed by atoms with Crippen LogP contribution in [0.15, 0.2) is 22.8 Å². The normalized spacial score (nSPS) is 26.9. The van der Waals surface area contributed by atoms with Gasteiger partial charge in [-0.1, -0.05) is 0 Å². The number of rotatable bonds is 2. The van der Waals surface area contributed by atoms with Crippen LogP contribution in [0.2, 0.25) is 0 Å². The van der Waals surface area contributed by atoms with E-state index in [1.54, 1.807) is 7.11 Å². The molecule has 2 aromatic rings. The molecule has 1 aliphatic rings. The molecule has 20 heavy (non-hydrogen) atoms. The van der Waals surface area contributed by atoms with E-state index in [0.717, 1.165) is 46.8 Å². The fourth-order valence-electron chi connectivity index (χ4n) is 2.88. The first-order chi connectivity index (χ1) is 9.48. The number of halogens is 1. The second-order valence-corrected chi connectivity index (χ2v) is 6.74. The minimum Gasteiger partial charge on any atom is -0.495 e. The van der Waals surface area contributed by atoms with E-state index < -0.39 is 5.60 Å². The van der Waals surface area contributed by atoms with Crippen LogP contribution in [0, 0.1) is 0 Å². The number of hydrogen-bond acceptors (Lipinski definition) is 3. The van der Waals surface area contributed by atoms with E-state index in [2.05, 4.69) is 27.2 Å². The van der Waals surface area contributed by atoms with Crippen LogP contribution in [0.3, 0.4) is 0 Å². The van der Waals surface area contributed by atoms with E-state index in [4.69, 9.17) is 4.74 Å². The summed E-state index contributed by atoms with van der Waals surface area (Å²) in [5.74, 6) is 0.800. The van der Waals surface area contributed by atoms with Crippen LogP contribution in [-0.2, 0) is 0 Å². The molecule has 1 aromatic heterocycles. The molecule has 0 spiro atoms. The molecule has 0 unspecified atom stereocenters. The van der Waals surface area contributed by atoms with Gasteiger partial charge in [-0.3, -0.25) is 4.68 Å². The van der Waals surface area contributed by atoms with E-state index in [0.29, 0.717) is 6.04 Å². The van der Waals surface area contributed by atoms with Crippen LogP contribution in [-0.4, -0.2) is 27.6 Å². The van der Waals surface area contributed by atoms with Crippen molar-refractivity contribution in [2.24, 2.45) is 0 Å². The van der Waals surface area contributed by atoms with Crippen molar-refractivity contribution in [1.29, 1.82) is 0 Å². The SMILES string of the molecule is COc1cc2nn(C3CCC(C)(O)CC3)cc2cc1Br. The molecule has 108 valence electrons. The van der Waals surface area contributed by atoms with Crippen molar-refractivity contribution in [1.82, 2.24) is 9.78 Å². The third-order valence-electron chi connectivity index (χ3n) is 4.20. The molecule has 1 aliphatic carbocycles. The predicted octanol–water partition coefficient (Wildman–Crippen LogP) is 3.67. The molecule has 0 aliphatic heterocycles. The highest BCUT2D eigenvalue weighted by Crippen LogP contribution is 2.36. The van der Waals surface area contributed by atoms with Gasteiger partial charge in [-0.15, -0.1) is 0 Å². The first-order valence-electron chi connectivity index (χ1n) is 6.93. The Kier molecular flexibility index (Phi) is 3.50. The smallest absolute Gasteiger partial charge is 0.135 e. The standard InChI is InChI=1S/C15H19BrN2O2/c1-15(19)5-3-11(4-6-15)18-9-10-7-12(16)14(20-2)8-13(10)17-18/h7-9,11,19H,3-6H2,1-2H3. The second-order valence-electron chi connectivity index (χ2n) is 5.88. The molecular weight excluding hydrogens is 320 g/mol. The van der Waals surface area contributed by atoms with E-state index >= 15 is 0 Å². The fourth-order valence-corrected chi connectivity index (χ4v) is 3.40. The van der Waals surface area contributed by atoms with Gasteiger partial charge in [0.1, 0.15) is 5.75 Å². The average molecular weight is 339 g/mol. The summed E-state index contributed by atoms with van der Waals surface area (Å²) in [5, 5.41) is 15.8. The number of hydrogen-bond donors (Lipinski definition) is 1. The minimum atomic E-state index is -0.505. The number of nitrogens with zero attached hydrogens (tertiary/aromatic N) is 2. The lowest BCUT2D eigenvalue weighted by Gasteiger charge is -2.33. The van der Waals surface area contributed by atoms with Gasteiger partial charge in [-0.25, -0.2) is 0 Å². The van der Waals surface area contributed by atoms with E-state index in [9.17, 15) is 5.11 Å². The summed E-state index contributed by atoms with van der Waals surface area (Å²) in [4.78, 5) is 0. The number of fused-ring (bicyclic) bond motifs is 1. The largest absolute Gasteiger partial charge is 0.495 e. The summed E-state index contributed by atoms with van der Waals surface area (Å²) in [6, 6.07) is 4.37. The van der Waals surface area contributed by atoms with Gasteiger partial charge in [0.15, 0.2) is 0 Å². The molecule has 0 bridgehead atoms. The lowest BCUT2D eigenvalue weighted by molar-refractivity contribution is 0.00860. The summed E-state index contributed by atoms with van der Waals surface area (Å²) in [7, 11) is 1.66. The topological polar surface area (TPSA) is 47.3 Å². The van der Waals surface area contributed by atoms with Gasteiger partial charge in [-0.2, -0.15) is 5.10 Å². The Bertz CT molecular complexity index is 626. The van der Waals surface area contributed by atoms with Crippen molar-refractivity contribution < 1.29 is 9.84 Å². The van der Waals surface area contributed by atoms with Gasteiger partial charge in [0.2, 0.25) is 0 Å². The molecule has 0 amide bonds. The molecule has 1 fully saturated rings. The van der Waals surface area contributed by atoms with E-state index in [1.807, 2.05) is 23.7 Å². The number of benzene rings is 1. The number of ether oxygens (including phenoxy) is 1. The van der Waals surface area contributed by atoms with Gasteiger partial charge in [0, 0.05) is 17.6 Å². The Balaban J connectivity index is 1.90. The van der Waals surface area contributed by atoms with Gasteiger partial charge in [0.25, 0.3) is 0 Å². The first-order valence-corrected chi connectivity index (χ1v) is 7.72. The highest BCUT2D eigenvalue weighted by molar-refractivity contribution is 9.10. The molecule has 1 saturated carbocycles. The lowest BCUT2D eigenvalue weighted by atomic mass is 9.84. The zero-order chi connectivity index (χ0) is 14.3. The molecule has 0 saturated heterocycles. The minimum absolute atomic E-state index is 0.382. The quantitative estimate of drug-likeness (QED) is 0.908. The molecule has 3 rings (SSSR count). The molecule has 0 radical (unpaired) electrons. The van der Waals surface area contributed by atoms with Crippen molar-refractivity contribution in [3.63, 3.8) is 0 Å². The maximum Gasteiger partial charge on any atom is 0.135 e. The van der Waals surface area contributed by atoms with Crippen LogP contribution in [0.1, 0.15) is 38.6 Å². The van der Waals surface area contributed by atoms with Crippen molar-refractivity contribution in [3.05, 3.63) is 22.8 Å². The zero-order valence-corrected chi connectivity index (χ0v) is 13.4. The number of methoxy groups -OCH3 is 1. The van der Waals surface area contributed by atoms with Crippen molar-refractivity contribution >= 4 is 26.8 Å². The van der Waals surface area contributed by atoms with Crippen LogP contribution in [0.5, 0.6) is 5.75 Å². The summed E-state index contributed by atoms with van der Waals surface area (Å²) < 4.78 is 8.30. The fraction of sp³-hybridized carbons (Fsp3) is 0.533. The van der Waals surface area contributed by atoms with Gasteiger partial charge in [0.05, 0.1) is 28.7 Å². The molecule has 4 nitrogen and oxygen atoms in total. The number of aromatic nitrogens is 2.